The molecule has 62 valence electrons. The van der Waals surface area contributed by atoms with E-state index in [2.05, 4.69) is 0 Å². The number of rotatable bonds is 1. The van der Waals surface area contributed by atoms with Crippen LogP contribution in [0.1, 0.15) is 6.92 Å². The zero-order valence-electron chi connectivity index (χ0n) is 6.69. The second-order valence-electron chi connectivity index (χ2n) is 2.90. The van der Waals surface area contributed by atoms with Crippen LogP contribution in [-0.2, 0) is 14.2 Å². The van der Waals surface area contributed by atoms with Gasteiger partial charge in [-0.2, -0.15) is 0 Å². The zero-order valence-corrected chi connectivity index (χ0v) is 6.69. The van der Waals surface area contributed by atoms with E-state index in [4.69, 9.17) is 14.2 Å². The number of methoxy groups -OCH3 is 1. The van der Waals surface area contributed by atoms with Gasteiger partial charge in [-0.1, -0.05) is 6.08 Å². The third-order valence-electron chi connectivity index (χ3n) is 2.16. The molecule has 0 aromatic heterocycles. The van der Waals surface area contributed by atoms with E-state index in [0.717, 1.165) is 0 Å². The summed E-state index contributed by atoms with van der Waals surface area (Å²) in [5.41, 5.74) is 0. The number of ether oxygens (including phenoxy) is 3. The maximum Gasteiger partial charge on any atom is 0.177 e. The van der Waals surface area contributed by atoms with Crippen molar-refractivity contribution in [2.24, 2.45) is 0 Å². The minimum Gasteiger partial charge on any atom is -0.375 e. The summed E-state index contributed by atoms with van der Waals surface area (Å²) in [5.74, 6) is 0. The Kier molecular flexibility index (Phi) is 1.71. The lowest BCUT2D eigenvalue weighted by Gasteiger charge is -2.22. The second kappa shape index (κ2) is 2.59. The summed E-state index contributed by atoms with van der Waals surface area (Å²) >= 11 is 0. The van der Waals surface area contributed by atoms with E-state index in [1.165, 1.54) is 0 Å². The van der Waals surface area contributed by atoms with Crippen molar-refractivity contribution >= 4 is 0 Å². The molecule has 0 aliphatic carbocycles. The Hall–Kier alpha value is -0.380. The Bertz CT molecular complexity index is 178. The van der Waals surface area contributed by atoms with Gasteiger partial charge in [0.2, 0.25) is 0 Å². The summed E-state index contributed by atoms with van der Waals surface area (Å²) in [4.78, 5) is 0. The van der Waals surface area contributed by atoms with Crippen LogP contribution in [0.2, 0.25) is 0 Å². The first-order valence-corrected chi connectivity index (χ1v) is 3.83. The van der Waals surface area contributed by atoms with Crippen LogP contribution in [0.5, 0.6) is 0 Å². The van der Waals surface area contributed by atoms with Crippen molar-refractivity contribution in [2.45, 2.75) is 31.5 Å². The standard InChI is InChI=1S/C8H12O3/c1-5-8-6(9-2)3-4-7(10-5)11-8/h3-8H,1-2H3/t5-,6-,7-,8-/m0/s1. The summed E-state index contributed by atoms with van der Waals surface area (Å²) in [6.45, 7) is 2.00. The van der Waals surface area contributed by atoms with Crippen LogP contribution in [0.3, 0.4) is 0 Å². The van der Waals surface area contributed by atoms with Crippen LogP contribution >= 0.6 is 0 Å². The Morgan fingerprint density at radius 3 is 2.82 bits per heavy atom. The van der Waals surface area contributed by atoms with Gasteiger partial charge in [-0.05, 0) is 13.0 Å². The Balaban J connectivity index is 2.15. The average molecular weight is 156 g/mol. The average Bonchev–Trinajstić information content (AvgIpc) is 2.30. The highest BCUT2D eigenvalue weighted by Crippen LogP contribution is 2.28. The minimum absolute atomic E-state index is 0.0590. The van der Waals surface area contributed by atoms with Crippen molar-refractivity contribution < 1.29 is 14.2 Å². The first-order chi connectivity index (χ1) is 5.31. The molecular weight excluding hydrogens is 144 g/mol. The fraction of sp³-hybridized carbons (Fsp3) is 0.750. The molecule has 11 heavy (non-hydrogen) atoms. The van der Waals surface area contributed by atoms with Gasteiger partial charge in [-0.3, -0.25) is 0 Å². The van der Waals surface area contributed by atoms with Gasteiger partial charge in [0, 0.05) is 7.11 Å². The summed E-state index contributed by atoms with van der Waals surface area (Å²) in [7, 11) is 1.68. The van der Waals surface area contributed by atoms with Gasteiger partial charge in [0.25, 0.3) is 0 Å². The predicted molar refractivity (Wildman–Crippen MR) is 39.1 cm³/mol. The van der Waals surface area contributed by atoms with Crippen molar-refractivity contribution in [3.63, 3.8) is 0 Å². The highest BCUT2D eigenvalue weighted by Gasteiger charge is 2.39. The summed E-state index contributed by atoms with van der Waals surface area (Å²) in [6.07, 6.45) is 4.04. The van der Waals surface area contributed by atoms with E-state index in [0.29, 0.717) is 0 Å². The zero-order chi connectivity index (χ0) is 7.84. The van der Waals surface area contributed by atoms with Crippen LogP contribution in [0.15, 0.2) is 12.2 Å². The topological polar surface area (TPSA) is 27.7 Å². The maximum absolute atomic E-state index is 5.48. The van der Waals surface area contributed by atoms with Crippen LogP contribution in [0.4, 0.5) is 0 Å². The highest BCUT2D eigenvalue weighted by molar-refractivity contribution is 5.05. The van der Waals surface area contributed by atoms with Gasteiger partial charge in [0.15, 0.2) is 6.29 Å². The molecule has 0 aromatic rings. The molecule has 1 fully saturated rings. The number of hydrogen-bond acceptors (Lipinski definition) is 3. The third kappa shape index (κ3) is 1.09. The van der Waals surface area contributed by atoms with Crippen molar-refractivity contribution in [2.75, 3.05) is 7.11 Å². The lowest BCUT2D eigenvalue weighted by Crippen LogP contribution is -2.34. The van der Waals surface area contributed by atoms with Crippen molar-refractivity contribution in [3.05, 3.63) is 12.2 Å². The van der Waals surface area contributed by atoms with E-state index in [-0.39, 0.29) is 24.6 Å². The summed E-state index contributed by atoms with van der Waals surface area (Å²) < 4.78 is 16.1. The molecule has 0 saturated carbocycles. The van der Waals surface area contributed by atoms with Crippen molar-refractivity contribution in [1.29, 1.82) is 0 Å². The Morgan fingerprint density at radius 2 is 2.09 bits per heavy atom. The molecule has 0 amide bonds. The molecule has 0 aromatic carbocycles. The number of hydrogen-bond donors (Lipinski definition) is 0. The molecule has 0 spiro atoms. The first-order valence-electron chi connectivity index (χ1n) is 3.83. The monoisotopic (exact) mass is 156 g/mol. The molecule has 2 rings (SSSR count). The van der Waals surface area contributed by atoms with E-state index >= 15 is 0 Å². The van der Waals surface area contributed by atoms with Crippen molar-refractivity contribution in [1.82, 2.24) is 0 Å². The van der Waals surface area contributed by atoms with Crippen LogP contribution < -0.4 is 0 Å². The molecule has 3 heteroatoms. The molecule has 1 saturated heterocycles. The molecule has 0 N–H and O–H groups in total. The van der Waals surface area contributed by atoms with Gasteiger partial charge < -0.3 is 14.2 Å². The highest BCUT2D eigenvalue weighted by atomic mass is 16.7. The fourth-order valence-corrected chi connectivity index (χ4v) is 1.54. The van der Waals surface area contributed by atoms with E-state index < -0.39 is 0 Å². The normalized spacial score (nSPS) is 48.2. The summed E-state index contributed by atoms with van der Waals surface area (Å²) in [6, 6.07) is 0. The van der Waals surface area contributed by atoms with E-state index in [1.807, 2.05) is 19.1 Å². The van der Waals surface area contributed by atoms with Gasteiger partial charge in [0.05, 0.1) is 6.10 Å². The second-order valence-corrected chi connectivity index (χ2v) is 2.90. The fourth-order valence-electron chi connectivity index (χ4n) is 1.54. The van der Waals surface area contributed by atoms with Gasteiger partial charge in [0.1, 0.15) is 12.2 Å². The molecule has 0 unspecified atom stereocenters. The van der Waals surface area contributed by atoms with Gasteiger partial charge in [-0.15, -0.1) is 0 Å². The molecule has 4 atom stereocenters. The molecule has 2 heterocycles. The molecule has 0 radical (unpaired) electrons. The largest absolute Gasteiger partial charge is 0.375 e. The van der Waals surface area contributed by atoms with Crippen LogP contribution in [0, 0.1) is 0 Å². The maximum atomic E-state index is 5.48. The quantitative estimate of drug-likeness (QED) is 0.523. The van der Waals surface area contributed by atoms with Crippen LogP contribution in [0.25, 0.3) is 0 Å². The van der Waals surface area contributed by atoms with Crippen LogP contribution in [-0.4, -0.2) is 31.7 Å². The third-order valence-corrected chi connectivity index (χ3v) is 2.16. The van der Waals surface area contributed by atoms with E-state index in [1.54, 1.807) is 7.11 Å². The number of fused-ring (bicyclic) bond motifs is 2. The van der Waals surface area contributed by atoms with Gasteiger partial charge in [-0.25, -0.2) is 0 Å². The Morgan fingerprint density at radius 1 is 1.27 bits per heavy atom. The Labute approximate surface area is 65.9 Å². The lowest BCUT2D eigenvalue weighted by molar-refractivity contribution is -0.0619. The molecular formula is C8H12O3. The van der Waals surface area contributed by atoms with Crippen molar-refractivity contribution in [3.8, 4) is 0 Å². The smallest absolute Gasteiger partial charge is 0.177 e. The van der Waals surface area contributed by atoms with E-state index in [9.17, 15) is 0 Å². The SMILES string of the molecule is CO[C@H]1C=C[C@@H]2O[C@H]1[C@H](C)O2. The molecule has 2 aliphatic heterocycles. The molecule has 2 bridgehead atoms. The first kappa shape index (κ1) is 7.28. The molecule has 2 aliphatic rings. The van der Waals surface area contributed by atoms with Gasteiger partial charge >= 0.3 is 0 Å². The summed E-state index contributed by atoms with van der Waals surface area (Å²) in [5, 5.41) is 0. The lowest BCUT2D eigenvalue weighted by atomic mass is 10.1. The minimum atomic E-state index is -0.138. The molecule has 3 nitrogen and oxygen atoms in total. The predicted octanol–water partition coefficient (Wildman–Crippen LogP) is 0.701.